The van der Waals surface area contributed by atoms with Crippen LogP contribution in [0.1, 0.15) is 35.7 Å². The molecular formula is C16H17F3O2. The van der Waals surface area contributed by atoms with Gasteiger partial charge in [0.05, 0.1) is 12.2 Å². The van der Waals surface area contributed by atoms with Crippen LogP contribution in [-0.2, 0) is 6.18 Å². The third-order valence-corrected chi connectivity index (χ3v) is 3.82. The standard InChI is InChI=1S/C16H17F3O2/c1-11-4-2-3-5-13(11)10-21-15-7-6-12(9-20)8-14(15)16(17,18)19/h2-3,6-9,11,13H,4-5,10H2,1H3. The van der Waals surface area contributed by atoms with Crippen LogP contribution in [0.2, 0.25) is 0 Å². The number of carbonyl (C=O) groups is 1. The highest BCUT2D eigenvalue weighted by Gasteiger charge is 2.35. The summed E-state index contributed by atoms with van der Waals surface area (Å²) in [7, 11) is 0. The van der Waals surface area contributed by atoms with Crippen LogP contribution >= 0.6 is 0 Å². The van der Waals surface area contributed by atoms with E-state index in [0.717, 1.165) is 18.9 Å². The predicted octanol–water partition coefficient (Wildman–Crippen LogP) is 4.50. The van der Waals surface area contributed by atoms with Crippen LogP contribution in [0, 0.1) is 11.8 Å². The average molecular weight is 298 g/mol. The second kappa shape index (κ2) is 6.33. The van der Waals surface area contributed by atoms with Crippen molar-refractivity contribution in [1.29, 1.82) is 0 Å². The molecule has 0 aromatic heterocycles. The summed E-state index contributed by atoms with van der Waals surface area (Å²) in [6, 6.07) is 3.38. The molecule has 0 saturated carbocycles. The van der Waals surface area contributed by atoms with Crippen LogP contribution < -0.4 is 4.74 Å². The van der Waals surface area contributed by atoms with E-state index in [0.29, 0.717) is 12.2 Å². The number of aldehydes is 1. The molecule has 2 unspecified atom stereocenters. The van der Waals surface area contributed by atoms with Crippen molar-refractivity contribution in [3.63, 3.8) is 0 Å². The largest absolute Gasteiger partial charge is 0.493 e. The number of hydrogen-bond donors (Lipinski definition) is 0. The average Bonchev–Trinajstić information content (AvgIpc) is 2.45. The zero-order chi connectivity index (χ0) is 15.5. The molecule has 2 nitrogen and oxygen atoms in total. The first-order valence-corrected chi connectivity index (χ1v) is 6.86. The molecule has 114 valence electrons. The molecule has 0 saturated heterocycles. The Kier molecular flexibility index (Phi) is 4.70. The van der Waals surface area contributed by atoms with E-state index >= 15 is 0 Å². The minimum Gasteiger partial charge on any atom is -0.493 e. The van der Waals surface area contributed by atoms with Crippen LogP contribution in [0.25, 0.3) is 0 Å². The lowest BCUT2D eigenvalue weighted by Crippen LogP contribution is -2.22. The van der Waals surface area contributed by atoms with E-state index in [2.05, 4.69) is 13.0 Å². The van der Waals surface area contributed by atoms with Gasteiger partial charge in [0, 0.05) is 5.56 Å². The van der Waals surface area contributed by atoms with E-state index in [-0.39, 0.29) is 23.8 Å². The fourth-order valence-electron chi connectivity index (χ4n) is 2.40. The molecule has 0 bridgehead atoms. The fourth-order valence-corrected chi connectivity index (χ4v) is 2.40. The number of allylic oxidation sites excluding steroid dienone is 2. The molecule has 1 aromatic carbocycles. The highest BCUT2D eigenvalue weighted by molar-refractivity contribution is 5.75. The molecule has 0 fully saturated rings. The lowest BCUT2D eigenvalue weighted by Gasteiger charge is -2.26. The van der Waals surface area contributed by atoms with E-state index in [9.17, 15) is 18.0 Å². The van der Waals surface area contributed by atoms with Crippen LogP contribution in [0.4, 0.5) is 13.2 Å². The van der Waals surface area contributed by atoms with Gasteiger partial charge in [-0.25, -0.2) is 0 Å². The first kappa shape index (κ1) is 15.6. The number of alkyl halides is 3. The molecule has 0 amide bonds. The molecule has 2 atom stereocenters. The van der Waals surface area contributed by atoms with Gasteiger partial charge < -0.3 is 4.74 Å². The Hall–Kier alpha value is -1.78. The number of carbonyl (C=O) groups excluding carboxylic acids is 1. The monoisotopic (exact) mass is 298 g/mol. The zero-order valence-electron chi connectivity index (χ0n) is 11.7. The van der Waals surface area contributed by atoms with E-state index in [1.807, 2.05) is 6.08 Å². The highest BCUT2D eigenvalue weighted by atomic mass is 19.4. The quantitative estimate of drug-likeness (QED) is 0.604. The minimum absolute atomic E-state index is 0.0105. The second-order valence-electron chi connectivity index (χ2n) is 5.36. The van der Waals surface area contributed by atoms with E-state index < -0.39 is 11.7 Å². The smallest absolute Gasteiger partial charge is 0.419 e. The van der Waals surface area contributed by atoms with Crippen LogP contribution in [0.15, 0.2) is 30.4 Å². The summed E-state index contributed by atoms with van der Waals surface area (Å²) in [6.45, 7) is 2.31. The van der Waals surface area contributed by atoms with Gasteiger partial charge in [-0.15, -0.1) is 0 Å². The Labute approximate surface area is 121 Å². The lowest BCUT2D eigenvalue weighted by molar-refractivity contribution is -0.139. The van der Waals surface area contributed by atoms with Crippen molar-refractivity contribution in [2.75, 3.05) is 6.61 Å². The maximum Gasteiger partial charge on any atom is 0.419 e. The Bertz CT molecular complexity index is 535. The van der Waals surface area contributed by atoms with Gasteiger partial charge in [0.15, 0.2) is 0 Å². The molecule has 0 aliphatic heterocycles. The first-order valence-electron chi connectivity index (χ1n) is 6.86. The summed E-state index contributed by atoms with van der Waals surface area (Å²) in [4.78, 5) is 10.6. The van der Waals surface area contributed by atoms with Gasteiger partial charge in [0.1, 0.15) is 12.0 Å². The van der Waals surface area contributed by atoms with Crippen LogP contribution in [0.5, 0.6) is 5.75 Å². The maximum atomic E-state index is 13.0. The molecule has 5 heteroatoms. The Balaban J connectivity index is 2.15. The Morgan fingerprint density at radius 2 is 2.00 bits per heavy atom. The Morgan fingerprint density at radius 3 is 2.62 bits per heavy atom. The number of halogens is 3. The van der Waals surface area contributed by atoms with E-state index in [1.54, 1.807) is 0 Å². The molecule has 1 aromatic rings. The predicted molar refractivity (Wildman–Crippen MR) is 73.4 cm³/mol. The number of hydrogen-bond acceptors (Lipinski definition) is 2. The van der Waals surface area contributed by atoms with Crippen LogP contribution in [-0.4, -0.2) is 12.9 Å². The van der Waals surface area contributed by atoms with Crippen molar-refractivity contribution in [3.8, 4) is 5.75 Å². The number of ether oxygens (including phenoxy) is 1. The summed E-state index contributed by atoms with van der Waals surface area (Å²) in [5.41, 5.74) is -0.908. The van der Waals surface area contributed by atoms with Gasteiger partial charge >= 0.3 is 6.18 Å². The van der Waals surface area contributed by atoms with E-state index in [4.69, 9.17) is 4.74 Å². The summed E-state index contributed by atoms with van der Waals surface area (Å²) >= 11 is 0. The van der Waals surface area contributed by atoms with Crippen molar-refractivity contribution in [2.24, 2.45) is 11.8 Å². The maximum absolute atomic E-state index is 13.0. The van der Waals surface area contributed by atoms with Gasteiger partial charge in [-0.1, -0.05) is 19.1 Å². The normalized spacial score (nSPS) is 22.1. The molecule has 1 aliphatic carbocycles. The molecule has 0 heterocycles. The summed E-state index contributed by atoms with van der Waals surface area (Å²) in [5, 5.41) is 0. The third kappa shape index (κ3) is 3.86. The van der Waals surface area contributed by atoms with Gasteiger partial charge in [0.2, 0.25) is 0 Å². The summed E-state index contributed by atoms with van der Waals surface area (Å²) < 4.78 is 44.4. The third-order valence-electron chi connectivity index (χ3n) is 3.82. The topological polar surface area (TPSA) is 26.3 Å². The second-order valence-corrected chi connectivity index (χ2v) is 5.36. The molecule has 1 aliphatic rings. The van der Waals surface area contributed by atoms with Crippen molar-refractivity contribution < 1.29 is 22.7 Å². The SMILES string of the molecule is CC1CC=CCC1COc1ccc(C=O)cc1C(F)(F)F. The fraction of sp³-hybridized carbons (Fsp3) is 0.438. The lowest BCUT2D eigenvalue weighted by atomic mass is 9.85. The Morgan fingerprint density at radius 1 is 1.29 bits per heavy atom. The van der Waals surface area contributed by atoms with Gasteiger partial charge in [-0.2, -0.15) is 13.2 Å². The summed E-state index contributed by atoms with van der Waals surface area (Å²) in [5.74, 6) is 0.385. The molecular weight excluding hydrogens is 281 g/mol. The van der Waals surface area contributed by atoms with Crippen molar-refractivity contribution >= 4 is 6.29 Å². The zero-order valence-corrected chi connectivity index (χ0v) is 11.7. The number of rotatable bonds is 4. The highest BCUT2D eigenvalue weighted by Crippen LogP contribution is 2.37. The van der Waals surface area contributed by atoms with Crippen molar-refractivity contribution in [1.82, 2.24) is 0 Å². The molecule has 0 radical (unpaired) electrons. The van der Waals surface area contributed by atoms with Crippen LogP contribution in [0.3, 0.4) is 0 Å². The van der Waals surface area contributed by atoms with Gasteiger partial charge in [-0.3, -0.25) is 4.79 Å². The summed E-state index contributed by atoms with van der Waals surface area (Å²) in [6.07, 6.45) is 1.72. The first-order chi connectivity index (χ1) is 9.91. The van der Waals surface area contributed by atoms with E-state index in [1.165, 1.54) is 12.1 Å². The van der Waals surface area contributed by atoms with Gasteiger partial charge in [0.25, 0.3) is 0 Å². The number of benzene rings is 1. The molecule has 21 heavy (non-hydrogen) atoms. The molecule has 0 N–H and O–H groups in total. The molecule has 0 spiro atoms. The van der Waals surface area contributed by atoms with Crippen molar-refractivity contribution in [3.05, 3.63) is 41.5 Å². The minimum atomic E-state index is -4.54. The van der Waals surface area contributed by atoms with Crippen molar-refractivity contribution in [2.45, 2.75) is 25.9 Å². The van der Waals surface area contributed by atoms with Gasteiger partial charge in [-0.05, 0) is 42.9 Å². The molecule has 2 rings (SSSR count).